The van der Waals surface area contributed by atoms with Crippen LogP contribution < -0.4 is 0 Å². The van der Waals surface area contributed by atoms with Crippen LogP contribution >= 0.6 is 0 Å². The van der Waals surface area contributed by atoms with Crippen LogP contribution in [0.2, 0.25) is 0 Å². The molecule has 47 heavy (non-hydrogen) atoms. The van der Waals surface area contributed by atoms with Crippen LogP contribution in [0.25, 0.3) is 89.4 Å². The maximum atomic E-state index is 6.17. The van der Waals surface area contributed by atoms with Gasteiger partial charge in [0.05, 0.1) is 0 Å². The fraction of sp³-hybridized carbons (Fsp3) is 0. The van der Waals surface area contributed by atoms with Gasteiger partial charge in [-0.25, -0.2) is 19.9 Å². The highest BCUT2D eigenvalue weighted by Crippen LogP contribution is 2.34. The van der Waals surface area contributed by atoms with Crippen molar-refractivity contribution in [3.05, 3.63) is 158 Å². The van der Waals surface area contributed by atoms with Crippen LogP contribution in [0.4, 0.5) is 0 Å². The Morgan fingerprint density at radius 2 is 0.894 bits per heavy atom. The zero-order valence-electron chi connectivity index (χ0n) is 25.2. The molecule has 0 saturated carbocycles. The Hall–Kier alpha value is -6.46. The van der Waals surface area contributed by atoms with Crippen molar-refractivity contribution in [3.63, 3.8) is 0 Å². The monoisotopic (exact) mass is 602 g/mol. The largest absolute Gasteiger partial charge is 0.436 e. The molecule has 0 saturated heterocycles. The molecule has 9 rings (SSSR count). The van der Waals surface area contributed by atoms with Crippen molar-refractivity contribution < 1.29 is 4.42 Å². The van der Waals surface area contributed by atoms with Gasteiger partial charge in [-0.3, -0.25) is 0 Å². The van der Waals surface area contributed by atoms with E-state index >= 15 is 0 Å². The molecule has 0 atom stereocenters. The number of nitrogens with zero attached hydrogens (tertiary/aromatic N) is 4. The number of rotatable bonds is 5. The molecule has 0 unspecified atom stereocenters. The van der Waals surface area contributed by atoms with Crippen molar-refractivity contribution in [2.75, 3.05) is 0 Å². The predicted octanol–water partition coefficient (Wildman–Crippen LogP) is 10.7. The second-order valence-corrected chi connectivity index (χ2v) is 11.5. The van der Waals surface area contributed by atoms with Crippen LogP contribution in [0.3, 0.4) is 0 Å². The lowest BCUT2D eigenvalue weighted by Crippen LogP contribution is -2.00. The van der Waals surface area contributed by atoms with Gasteiger partial charge in [-0.05, 0) is 63.7 Å². The minimum Gasteiger partial charge on any atom is -0.436 e. The summed E-state index contributed by atoms with van der Waals surface area (Å²) in [6, 6.07) is 53.7. The Bertz CT molecular complexity index is 2580. The van der Waals surface area contributed by atoms with E-state index in [0.717, 1.165) is 60.6 Å². The highest BCUT2D eigenvalue weighted by Gasteiger charge is 2.15. The summed E-state index contributed by atoms with van der Waals surface area (Å²) in [6.07, 6.45) is 0. The van der Waals surface area contributed by atoms with Crippen LogP contribution in [0.5, 0.6) is 0 Å². The topological polar surface area (TPSA) is 64.7 Å². The van der Waals surface area contributed by atoms with E-state index in [1.807, 2.05) is 66.7 Å². The average Bonchev–Trinajstić information content (AvgIpc) is 3.60. The van der Waals surface area contributed by atoms with Crippen LogP contribution in [0.15, 0.2) is 162 Å². The van der Waals surface area contributed by atoms with Gasteiger partial charge in [0.15, 0.2) is 23.1 Å². The van der Waals surface area contributed by atoms with Crippen LogP contribution in [-0.4, -0.2) is 19.9 Å². The minimum absolute atomic E-state index is 0.617. The molecule has 0 spiro atoms. The maximum absolute atomic E-state index is 6.17. The molecule has 9 aromatic rings. The Kier molecular flexibility index (Phi) is 6.39. The third-order valence-corrected chi connectivity index (χ3v) is 8.53. The molecule has 5 nitrogen and oxygen atoms in total. The predicted molar refractivity (Wildman–Crippen MR) is 190 cm³/mol. The lowest BCUT2D eigenvalue weighted by molar-refractivity contribution is 0.620. The van der Waals surface area contributed by atoms with E-state index in [9.17, 15) is 0 Å². The van der Waals surface area contributed by atoms with E-state index in [0.29, 0.717) is 23.4 Å². The van der Waals surface area contributed by atoms with E-state index in [1.54, 1.807) is 0 Å². The summed E-state index contributed by atoms with van der Waals surface area (Å²) in [5.74, 6) is 2.51. The van der Waals surface area contributed by atoms with Gasteiger partial charge in [0.1, 0.15) is 5.52 Å². The van der Waals surface area contributed by atoms with Gasteiger partial charge in [0.2, 0.25) is 5.89 Å². The van der Waals surface area contributed by atoms with Crippen molar-refractivity contribution in [3.8, 4) is 56.7 Å². The van der Waals surface area contributed by atoms with Crippen molar-refractivity contribution >= 4 is 32.6 Å². The molecular weight excluding hydrogens is 576 g/mol. The molecule has 5 heteroatoms. The molecule has 2 aromatic heterocycles. The Balaban J connectivity index is 1.16. The molecule has 7 aromatic carbocycles. The first-order valence-electron chi connectivity index (χ1n) is 15.6. The second-order valence-electron chi connectivity index (χ2n) is 11.5. The molecule has 0 N–H and O–H groups in total. The fourth-order valence-corrected chi connectivity index (χ4v) is 6.11. The molecule has 0 radical (unpaired) electrons. The number of hydrogen-bond acceptors (Lipinski definition) is 5. The van der Waals surface area contributed by atoms with Gasteiger partial charge < -0.3 is 4.42 Å². The first kappa shape index (κ1) is 26.9. The van der Waals surface area contributed by atoms with E-state index in [2.05, 4.69) is 91.0 Å². The Morgan fingerprint density at radius 1 is 0.340 bits per heavy atom. The van der Waals surface area contributed by atoms with Crippen molar-refractivity contribution in [2.45, 2.75) is 0 Å². The number of fused-ring (bicyclic) bond motifs is 4. The molecule has 0 bridgehead atoms. The Morgan fingerprint density at radius 3 is 1.68 bits per heavy atom. The lowest BCUT2D eigenvalue weighted by atomic mass is 9.99. The van der Waals surface area contributed by atoms with Crippen LogP contribution in [-0.2, 0) is 0 Å². The number of aromatic nitrogens is 4. The van der Waals surface area contributed by atoms with Gasteiger partial charge in [0, 0.05) is 27.6 Å². The van der Waals surface area contributed by atoms with E-state index < -0.39 is 0 Å². The van der Waals surface area contributed by atoms with Gasteiger partial charge >= 0.3 is 0 Å². The maximum Gasteiger partial charge on any atom is 0.227 e. The third kappa shape index (κ3) is 5.00. The average molecular weight is 603 g/mol. The SMILES string of the molecule is c1ccc(-c2nc(-c3cccc(-c4ccc5ccc6oc(-c7ccccc7)nc6c5c4)c3)nc(-c3ccc4ccccc4c3)n2)cc1. The molecule has 0 aliphatic rings. The summed E-state index contributed by atoms with van der Waals surface area (Å²) < 4.78 is 6.17. The standard InChI is InChI=1S/C42H26N4O/c1-3-11-29(12-4-1)39-44-40(46-41(45-39)35-21-18-27-10-7-8-15-31(27)24-35)34-17-9-16-32(25-34)33-20-19-28-22-23-37-38(36(28)26-33)43-42(47-37)30-13-5-2-6-14-30/h1-26H. The second kappa shape index (κ2) is 11.2. The fourth-order valence-electron chi connectivity index (χ4n) is 6.11. The molecule has 2 heterocycles. The van der Waals surface area contributed by atoms with E-state index in [4.69, 9.17) is 24.4 Å². The molecule has 220 valence electrons. The van der Waals surface area contributed by atoms with Gasteiger partial charge in [-0.2, -0.15) is 0 Å². The molecule has 0 aliphatic carbocycles. The van der Waals surface area contributed by atoms with Gasteiger partial charge in [-0.1, -0.05) is 121 Å². The van der Waals surface area contributed by atoms with Crippen LogP contribution in [0, 0.1) is 0 Å². The molecule has 0 aliphatic heterocycles. The quantitative estimate of drug-likeness (QED) is 0.196. The van der Waals surface area contributed by atoms with Gasteiger partial charge in [0.25, 0.3) is 0 Å². The Labute approximate surface area is 270 Å². The molecule has 0 fully saturated rings. The summed E-state index contributed by atoms with van der Waals surface area (Å²) in [5.41, 5.74) is 7.50. The molecule has 0 amide bonds. The van der Waals surface area contributed by atoms with E-state index in [-0.39, 0.29) is 0 Å². The highest BCUT2D eigenvalue weighted by molar-refractivity contribution is 6.05. The first-order valence-corrected chi connectivity index (χ1v) is 15.6. The zero-order valence-corrected chi connectivity index (χ0v) is 25.2. The number of hydrogen-bond donors (Lipinski definition) is 0. The number of benzene rings is 7. The highest BCUT2D eigenvalue weighted by atomic mass is 16.3. The van der Waals surface area contributed by atoms with E-state index in [1.165, 1.54) is 5.39 Å². The smallest absolute Gasteiger partial charge is 0.227 e. The summed E-state index contributed by atoms with van der Waals surface area (Å²) in [4.78, 5) is 19.8. The molecular formula is C42H26N4O. The van der Waals surface area contributed by atoms with Crippen molar-refractivity contribution in [1.82, 2.24) is 19.9 Å². The summed E-state index contributed by atoms with van der Waals surface area (Å²) >= 11 is 0. The van der Waals surface area contributed by atoms with Gasteiger partial charge in [-0.15, -0.1) is 0 Å². The van der Waals surface area contributed by atoms with Crippen molar-refractivity contribution in [2.24, 2.45) is 0 Å². The summed E-state index contributed by atoms with van der Waals surface area (Å²) in [5, 5.41) is 4.47. The third-order valence-electron chi connectivity index (χ3n) is 8.53. The number of oxazole rings is 1. The van der Waals surface area contributed by atoms with Crippen molar-refractivity contribution in [1.29, 1.82) is 0 Å². The summed E-state index contributed by atoms with van der Waals surface area (Å²) in [7, 11) is 0. The minimum atomic E-state index is 0.617. The first-order chi connectivity index (χ1) is 23.2. The zero-order chi connectivity index (χ0) is 31.2. The van der Waals surface area contributed by atoms with Crippen LogP contribution in [0.1, 0.15) is 0 Å². The summed E-state index contributed by atoms with van der Waals surface area (Å²) in [6.45, 7) is 0. The normalized spacial score (nSPS) is 11.4. The lowest BCUT2D eigenvalue weighted by Gasteiger charge is -2.10.